The van der Waals surface area contributed by atoms with E-state index in [-0.39, 0.29) is 18.0 Å². The normalized spacial score (nSPS) is 14.8. The number of hydroxylamine groups is 1. The molecule has 2 amide bonds. The molecule has 0 aliphatic carbocycles. The quantitative estimate of drug-likeness (QED) is 0.647. The van der Waals surface area contributed by atoms with Crippen molar-refractivity contribution in [1.29, 1.82) is 0 Å². The van der Waals surface area contributed by atoms with E-state index < -0.39 is 17.6 Å². The molecule has 9 heteroatoms. The minimum atomic E-state index is -4.40. The van der Waals surface area contributed by atoms with E-state index >= 15 is 0 Å². The first-order valence-corrected chi connectivity index (χ1v) is 7.89. The lowest BCUT2D eigenvalue weighted by atomic mass is 10.1. The van der Waals surface area contributed by atoms with E-state index in [1.807, 2.05) is 0 Å². The van der Waals surface area contributed by atoms with Crippen LogP contribution in [0.5, 0.6) is 0 Å². The van der Waals surface area contributed by atoms with Gasteiger partial charge in [0.25, 0.3) is 11.8 Å². The van der Waals surface area contributed by atoms with Crippen molar-refractivity contribution in [1.82, 2.24) is 14.9 Å². The van der Waals surface area contributed by atoms with Gasteiger partial charge in [0.05, 0.1) is 11.1 Å². The summed E-state index contributed by atoms with van der Waals surface area (Å²) in [5, 5.41) is 8.71. The van der Waals surface area contributed by atoms with Crippen LogP contribution in [0.3, 0.4) is 0 Å². The molecule has 0 fully saturated rings. The molecule has 0 saturated heterocycles. The van der Waals surface area contributed by atoms with E-state index in [4.69, 9.17) is 5.21 Å². The highest BCUT2D eigenvalue weighted by Crippen LogP contribution is 2.29. The molecule has 3 rings (SSSR count). The molecule has 26 heavy (non-hydrogen) atoms. The van der Waals surface area contributed by atoms with E-state index in [0.29, 0.717) is 30.8 Å². The molecule has 1 aliphatic heterocycles. The molecule has 0 radical (unpaired) electrons. The average molecular weight is 367 g/mol. The van der Waals surface area contributed by atoms with Gasteiger partial charge in [-0.3, -0.25) is 14.8 Å². The van der Waals surface area contributed by atoms with Crippen molar-refractivity contribution < 1.29 is 28.0 Å². The van der Waals surface area contributed by atoms with Crippen LogP contribution in [0.2, 0.25) is 0 Å². The number of aryl methyl sites for hydroxylation is 1. The summed E-state index contributed by atoms with van der Waals surface area (Å²) in [6.45, 7) is 1.13. The highest BCUT2D eigenvalue weighted by atomic mass is 19.4. The zero-order valence-electron chi connectivity index (χ0n) is 13.6. The molecule has 1 aromatic carbocycles. The third kappa shape index (κ3) is 3.57. The van der Waals surface area contributed by atoms with Gasteiger partial charge in [-0.25, -0.2) is 5.48 Å². The monoisotopic (exact) mass is 367 g/mol. The number of hydrogen-bond acceptors (Lipinski definition) is 3. The van der Waals surface area contributed by atoms with Crippen molar-refractivity contribution in [2.24, 2.45) is 0 Å². The van der Waals surface area contributed by atoms with Crippen molar-refractivity contribution in [2.75, 3.05) is 6.54 Å². The molecular formula is C17H16F3N3O3. The minimum absolute atomic E-state index is 0.159. The molecule has 1 aromatic heterocycles. The van der Waals surface area contributed by atoms with E-state index in [0.717, 1.165) is 12.1 Å². The lowest BCUT2D eigenvalue weighted by molar-refractivity contribution is -0.137. The van der Waals surface area contributed by atoms with Crippen molar-refractivity contribution in [3.63, 3.8) is 0 Å². The van der Waals surface area contributed by atoms with Crippen LogP contribution in [0.15, 0.2) is 36.5 Å². The van der Waals surface area contributed by atoms with Gasteiger partial charge in [0.15, 0.2) is 0 Å². The van der Waals surface area contributed by atoms with E-state index in [1.54, 1.807) is 4.57 Å². The summed E-state index contributed by atoms with van der Waals surface area (Å²) in [5.41, 5.74) is 1.82. The number of fused-ring (bicyclic) bond motifs is 1. The van der Waals surface area contributed by atoms with Crippen molar-refractivity contribution in [3.05, 3.63) is 58.9 Å². The maximum absolute atomic E-state index is 12.7. The van der Waals surface area contributed by atoms with Crippen LogP contribution in [0, 0.1) is 0 Å². The Morgan fingerprint density at radius 2 is 1.88 bits per heavy atom. The Morgan fingerprint density at radius 1 is 1.19 bits per heavy atom. The van der Waals surface area contributed by atoms with Gasteiger partial charge in [0.1, 0.15) is 5.69 Å². The van der Waals surface area contributed by atoms with Gasteiger partial charge in [-0.2, -0.15) is 13.2 Å². The number of nitrogens with one attached hydrogen (secondary N) is 1. The highest BCUT2D eigenvalue weighted by Gasteiger charge is 2.30. The molecular weight excluding hydrogens is 351 g/mol. The molecule has 1 aliphatic rings. The predicted molar refractivity (Wildman–Crippen MR) is 84.5 cm³/mol. The number of hydrogen-bond donors (Lipinski definition) is 2. The van der Waals surface area contributed by atoms with Gasteiger partial charge in [0.2, 0.25) is 0 Å². The van der Waals surface area contributed by atoms with E-state index in [9.17, 15) is 22.8 Å². The zero-order chi connectivity index (χ0) is 18.9. The fourth-order valence-electron chi connectivity index (χ4n) is 2.93. The second-order valence-electron chi connectivity index (χ2n) is 6.02. The van der Waals surface area contributed by atoms with Gasteiger partial charge in [0, 0.05) is 25.8 Å². The Bertz CT molecular complexity index is 828. The zero-order valence-corrected chi connectivity index (χ0v) is 13.6. The molecule has 0 atom stereocenters. The third-order valence-corrected chi connectivity index (χ3v) is 4.25. The number of benzene rings is 1. The number of rotatable bonds is 3. The molecule has 0 bridgehead atoms. The van der Waals surface area contributed by atoms with Gasteiger partial charge < -0.3 is 9.47 Å². The molecule has 0 saturated carbocycles. The standard InChI is InChI=1S/C17H16F3N3O3/c18-17(19,20)13-4-2-11(3-5-13)9-23-7-1-6-22-10-12(15(24)21-26)8-14(22)16(23)25/h2-5,8,10,26H,1,6-7,9H2,(H,21,24). The third-order valence-electron chi connectivity index (χ3n) is 4.25. The predicted octanol–water partition coefficient (Wildman–Crippen LogP) is 2.67. The summed E-state index contributed by atoms with van der Waals surface area (Å²) in [7, 11) is 0. The molecule has 0 spiro atoms. The molecule has 138 valence electrons. The summed E-state index contributed by atoms with van der Waals surface area (Å²) in [6.07, 6.45) is -2.28. The number of aromatic nitrogens is 1. The molecule has 2 aromatic rings. The van der Waals surface area contributed by atoms with Crippen molar-refractivity contribution in [3.8, 4) is 0 Å². The minimum Gasteiger partial charge on any atom is -0.343 e. The topological polar surface area (TPSA) is 74.6 Å². The SMILES string of the molecule is O=C(NO)c1cc2n(c1)CCCN(Cc1ccc(C(F)(F)F)cc1)C2=O. The van der Waals surface area contributed by atoms with Crippen LogP contribution in [0.4, 0.5) is 13.2 Å². The van der Waals surface area contributed by atoms with Crippen LogP contribution in [0.25, 0.3) is 0 Å². The number of amides is 2. The maximum Gasteiger partial charge on any atom is 0.416 e. The van der Waals surface area contributed by atoms with Crippen LogP contribution < -0.4 is 5.48 Å². The Kier molecular flexibility index (Phi) is 4.73. The molecule has 2 heterocycles. The summed E-state index contributed by atoms with van der Waals surface area (Å²) >= 11 is 0. The van der Waals surface area contributed by atoms with Crippen molar-refractivity contribution >= 4 is 11.8 Å². The van der Waals surface area contributed by atoms with Gasteiger partial charge in [-0.1, -0.05) is 12.1 Å². The Morgan fingerprint density at radius 3 is 2.50 bits per heavy atom. The Labute approximate surface area is 146 Å². The fourth-order valence-corrected chi connectivity index (χ4v) is 2.93. The summed E-state index contributed by atoms with van der Waals surface area (Å²) in [6, 6.07) is 6.07. The molecule has 0 unspecified atom stereocenters. The number of nitrogens with zero attached hydrogens (tertiary/aromatic N) is 2. The summed E-state index contributed by atoms with van der Waals surface area (Å²) in [4.78, 5) is 25.8. The molecule has 6 nitrogen and oxygen atoms in total. The Hall–Kier alpha value is -2.81. The first kappa shape index (κ1) is 18.0. The average Bonchev–Trinajstić information content (AvgIpc) is 2.97. The summed E-state index contributed by atoms with van der Waals surface area (Å²) in [5.74, 6) is -1.04. The van der Waals surface area contributed by atoms with Crippen LogP contribution >= 0.6 is 0 Å². The lowest BCUT2D eigenvalue weighted by Gasteiger charge is -2.20. The lowest BCUT2D eigenvalue weighted by Crippen LogP contribution is -2.30. The van der Waals surface area contributed by atoms with Crippen molar-refractivity contribution in [2.45, 2.75) is 25.7 Å². The second-order valence-corrected chi connectivity index (χ2v) is 6.02. The first-order valence-electron chi connectivity index (χ1n) is 7.89. The first-order chi connectivity index (χ1) is 12.3. The Balaban J connectivity index is 1.80. The fraction of sp³-hybridized carbons (Fsp3) is 0.294. The number of halogens is 3. The van der Waals surface area contributed by atoms with Crippen LogP contribution in [-0.4, -0.2) is 33.0 Å². The van der Waals surface area contributed by atoms with Gasteiger partial charge in [-0.05, 0) is 30.2 Å². The van der Waals surface area contributed by atoms with E-state index in [2.05, 4.69) is 0 Å². The largest absolute Gasteiger partial charge is 0.416 e. The van der Waals surface area contributed by atoms with Gasteiger partial charge in [-0.15, -0.1) is 0 Å². The highest BCUT2D eigenvalue weighted by molar-refractivity contribution is 5.99. The van der Waals surface area contributed by atoms with Crippen LogP contribution in [-0.2, 0) is 19.3 Å². The smallest absolute Gasteiger partial charge is 0.343 e. The second kappa shape index (κ2) is 6.83. The van der Waals surface area contributed by atoms with Crippen LogP contribution in [0.1, 0.15) is 38.4 Å². The summed E-state index contributed by atoms with van der Waals surface area (Å²) < 4.78 is 39.6. The van der Waals surface area contributed by atoms with Gasteiger partial charge >= 0.3 is 6.18 Å². The van der Waals surface area contributed by atoms with E-state index in [1.165, 1.54) is 34.8 Å². The number of carbonyl (C=O) groups excluding carboxylic acids is 2. The molecule has 2 N–H and O–H groups in total. The number of alkyl halides is 3. The number of carbonyl (C=O) groups is 2. The maximum atomic E-state index is 12.7.